The van der Waals surface area contributed by atoms with E-state index in [1.807, 2.05) is 17.3 Å². The number of likely N-dealkylation sites (N-methyl/N-ethyl adjacent to an activating group) is 1. The van der Waals surface area contributed by atoms with E-state index in [1.165, 1.54) is 19.3 Å². The molecule has 1 aromatic rings. The van der Waals surface area contributed by atoms with Crippen LogP contribution in [0.3, 0.4) is 0 Å². The zero-order valence-corrected chi connectivity index (χ0v) is 14.4. The molecule has 2 aliphatic heterocycles. The maximum Gasteiger partial charge on any atom is 0.317 e. The second-order valence-corrected chi connectivity index (χ2v) is 7.57. The lowest BCUT2D eigenvalue weighted by Gasteiger charge is -2.36. The number of fused-ring (bicyclic) bond motifs is 1. The van der Waals surface area contributed by atoms with Gasteiger partial charge >= 0.3 is 6.03 Å². The lowest BCUT2D eigenvalue weighted by molar-refractivity contribution is 0.131. The maximum atomic E-state index is 12.5. The second kappa shape index (κ2) is 6.67. The van der Waals surface area contributed by atoms with Crippen molar-refractivity contribution in [1.82, 2.24) is 25.1 Å². The third-order valence-corrected chi connectivity index (χ3v) is 5.68. The molecule has 6 heteroatoms. The van der Waals surface area contributed by atoms with Gasteiger partial charge in [0.1, 0.15) is 5.82 Å². The predicted molar refractivity (Wildman–Crippen MR) is 91.8 cm³/mol. The van der Waals surface area contributed by atoms with Gasteiger partial charge in [-0.2, -0.15) is 0 Å². The number of piperidine rings is 1. The molecule has 1 aromatic heterocycles. The number of carbonyl (C=O) groups is 1. The summed E-state index contributed by atoms with van der Waals surface area (Å²) in [7, 11) is 2.15. The summed E-state index contributed by atoms with van der Waals surface area (Å²) in [5, 5.41) is 3.08. The standard InChI is InChI=1S/C18H27N5O/c1-22-8-5-14-6-9-23(16(14)12-22)18(24)19-7-4-13-10-20-17(21-11-13)15-2-3-15/h10-11,14-16H,2-9,12H2,1H3,(H,19,24)/t14-,16-/m0/s1. The molecule has 0 radical (unpaired) electrons. The molecule has 3 fully saturated rings. The number of nitrogens with one attached hydrogen (secondary N) is 1. The number of aromatic nitrogens is 2. The molecule has 1 N–H and O–H groups in total. The van der Waals surface area contributed by atoms with Crippen LogP contribution in [-0.4, -0.2) is 65.1 Å². The van der Waals surface area contributed by atoms with E-state index in [2.05, 4.69) is 27.2 Å². The van der Waals surface area contributed by atoms with Crippen LogP contribution in [0.25, 0.3) is 0 Å². The first-order valence-electron chi connectivity index (χ1n) is 9.24. The molecule has 2 saturated heterocycles. The van der Waals surface area contributed by atoms with Crippen molar-refractivity contribution in [2.75, 3.05) is 33.2 Å². The SMILES string of the molecule is CN1CC[C@H]2CCN(C(=O)NCCc3cnc(C4CC4)nc3)[C@H]2C1. The van der Waals surface area contributed by atoms with Crippen molar-refractivity contribution in [3.05, 3.63) is 23.8 Å². The lowest BCUT2D eigenvalue weighted by atomic mass is 9.92. The summed E-state index contributed by atoms with van der Waals surface area (Å²) in [5.74, 6) is 2.26. The summed E-state index contributed by atoms with van der Waals surface area (Å²) in [4.78, 5) is 25.8. The third kappa shape index (κ3) is 3.38. The van der Waals surface area contributed by atoms with Gasteiger partial charge in [0.05, 0.1) is 0 Å². The van der Waals surface area contributed by atoms with Crippen LogP contribution in [-0.2, 0) is 6.42 Å². The fourth-order valence-corrected chi connectivity index (χ4v) is 4.01. The van der Waals surface area contributed by atoms with E-state index in [4.69, 9.17) is 0 Å². The first-order chi connectivity index (χ1) is 11.7. The minimum atomic E-state index is 0.0910. The van der Waals surface area contributed by atoms with Gasteiger partial charge < -0.3 is 15.1 Å². The monoisotopic (exact) mass is 329 g/mol. The number of hydrogen-bond donors (Lipinski definition) is 1. The smallest absolute Gasteiger partial charge is 0.317 e. The Morgan fingerprint density at radius 2 is 1.96 bits per heavy atom. The van der Waals surface area contributed by atoms with Crippen LogP contribution < -0.4 is 5.32 Å². The largest absolute Gasteiger partial charge is 0.338 e. The second-order valence-electron chi connectivity index (χ2n) is 7.57. The molecule has 1 aliphatic carbocycles. The van der Waals surface area contributed by atoms with Crippen molar-refractivity contribution >= 4 is 6.03 Å². The number of nitrogens with zero attached hydrogens (tertiary/aromatic N) is 4. The van der Waals surface area contributed by atoms with Crippen molar-refractivity contribution in [1.29, 1.82) is 0 Å². The highest BCUT2D eigenvalue weighted by molar-refractivity contribution is 5.75. The summed E-state index contributed by atoms with van der Waals surface area (Å²) in [5.41, 5.74) is 1.09. The normalized spacial score (nSPS) is 27.1. The molecule has 2 atom stereocenters. The number of rotatable bonds is 4. The van der Waals surface area contributed by atoms with Crippen LogP contribution >= 0.6 is 0 Å². The minimum absolute atomic E-state index is 0.0910. The van der Waals surface area contributed by atoms with Crippen LogP contribution in [0.15, 0.2) is 12.4 Å². The summed E-state index contributed by atoms with van der Waals surface area (Å²) in [6, 6.07) is 0.484. The minimum Gasteiger partial charge on any atom is -0.338 e. The summed E-state index contributed by atoms with van der Waals surface area (Å²) < 4.78 is 0. The van der Waals surface area contributed by atoms with Crippen molar-refractivity contribution < 1.29 is 4.79 Å². The van der Waals surface area contributed by atoms with Gasteiger partial charge in [0.25, 0.3) is 0 Å². The predicted octanol–water partition coefficient (Wildman–Crippen LogP) is 1.63. The Kier molecular flexibility index (Phi) is 4.39. The van der Waals surface area contributed by atoms with E-state index in [0.29, 0.717) is 24.4 Å². The summed E-state index contributed by atoms with van der Waals surface area (Å²) >= 11 is 0. The van der Waals surface area contributed by atoms with Gasteiger partial charge in [0.15, 0.2) is 0 Å². The molecule has 6 nitrogen and oxygen atoms in total. The van der Waals surface area contributed by atoms with Crippen LogP contribution in [0.4, 0.5) is 4.79 Å². The quantitative estimate of drug-likeness (QED) is 0.912. The molecule has 0 aromatic carbocycles. The molecule has 3 aliphatic rings. The maximum absolute atomic E-state index is 12.5. The van der Waals surface area contributed by atoms with E-state index >= 15 is 0 Å². The van der Waals surface area contributed by atoms with E-state index in [1.54, 1.807) is 0 Å². The van der Waals surface area contributed by atoms with E-state index in [0.717, 1.165) is 43.9 Å². The van der Waals surface area contributed by atoms with E-state index in [9.17, 15) is 4.79 Å². The van der Waals surface area contributed by atoms with Gasteiger partial charge in [-0.15, -0.1) is 0 Å². The molecule has 130 valence electrons. The third-order valence-electron chi connectivity index (χ3n) is 5.68. The van der Waals surface area contributed by atoms with Crippen LogP contribution in [0, 0.1) is 5.92 Å². The van der Waals surface area contributed by atoms with Crippen molar-refractivity contribution in [2.24, 2.45) is 5.92 Å². The number of amides is 2. The zero-order valence-electron chi connectivity index (χ0n) is 14.4. The molecule has 1 saturated carbocycles. The highest BCUT2D eigenvalue weighted by atomic mass is 16.2. The topological polar surface area (TPSA) is 61.4 Å². The zero-order chi connectivity index (χ0) is 16.5. The van der Waals surface area contributed by atoms with Crippen LogP contribution in [0.5, 0.6) is 0 Å². The Bertz CT molecular complexity index is 586. The Morgan fingerprint density at radius 3 is 2.71 bits per heavy atom. The van der Waals surface area contributed by atoms with Gasteiger partial charge in [-0.05, 0) is 57.2 Å². The first kappa shape index (κ1) is 15.8. The molecule has 24 heavy (non-hydrogen) atoms. The Balaban J connectivity index is 1.25. The van der Waals surface area contributed by atoms with Gasteiger partial charge in [-0.25, -0.2) is 14.8 Å². The molecule has 4 rings (SSSR count). The van der Waals surface area contributed by atoms with Gasteiger partial charge in [-0.1, -0.05) is 0 Å². The van der Waals surface area contributed by atoms with Crippen LogP contribution in [0.2, 0.25) is 0 Å². The molecule has 2 amide bonds. The average molecular weight is 329 g/mol. The highest BCUT2D eigenvalue weighted by Crippen LogP contribution is 2.37. The Labute approximate surface area is 143 Å². The lowest BCUT2D eigenvalue weighted by Crippen LogP contribution is -2.51. The molecule has 3 heterocycles. The van der Waals surface area contributed by atoms with E-state index in [-0.39, 0.29) is 6.03 Å². The fourth-order valence-electron chi connectivity index (χ4n) is 4.01. The Morgan fingerprint density at radius 1 is 1.21 bits per heavy atom. The van der Waals surface area contributed by atoms with Gasteiger partial charge in [-0.3, -0.25) is 0 Å². The number of urea groups is 1. The molecular weight excluding hydrogens is 302 g/mol. The van der Waals surface area contributed by atoms with Crippen molar-refractivity contribution in [3.8, 4) is 0 Å². The first-order valence-corrected chi connectivity index (χ1v) is 9.24. The van der Waals surface area contributed by atoms with Gasteiger partial charge in [0.2, 0.25) is 0 Å². The van der Waals surface area contributed by atoms with E-state index < -0.39 is 0 Å². The number of likely N-dealkylation sites (tertiary alicyclic amines) is 2. The van der Waals surface area contributed by atoms with Gasteiger partial charge in [0, 0.05) is 44.0 Å². The average Bonchev–Trinajstić information content (AvgIpc) is 3.35. The number of carbonyl (C=O) groups excluding carboxylic acids is 1. The molecule has 0 spiro atoms. The molecular formula is C18H27N5O. The number of hydrogen-bond acceptors (Lipinski definition) is 4. The molecule has 0 unspecified atom stereocenters. The summed E-state index contributed by atoms with van der Waals surface area (Å²) in [6.45, 7) is 3.71. The Hall–Kier alpha value is -1.69. The highest BCUT2D eigenvalue weighted by Gasteiger charge is 2.39. The summed E-state index contributed by atoms with van der Waals surface area (Å²) in [6.07, 6.45) is 9.44. The van der Waals surface area contributed by atoms with Crippen molar-refractivity contribution in [3.63, 3.8) is 0 Å². The fraction of sp³-hybridized carbons (Fsp3) is 0.722. The van der Waals surface area contributed by atoms with Crippen molar-refractivity contribution in [2.45, 2.75) is 44.1 Å². The van der Waals surface area contributed by atoms with Crippen LogP contribution in [0.1, 0.15) is 43.0 Å². The molecule has 0 bridgehead atoms.